The normalized spacial score (nSPS) is 13.0. The molecule has 0 aromatic rings. The van der Waals surface area contributed by atoms with Gasteiger partial charge < -0.3 is 5.32 Å². The Bertz CT molecular complexity index is 151. The maximum atomic E-state index is 11.2. The van der Waals surface area contributed by atoms with Crippen LogP contribution in [-0.4, -0.2) is 44.0 Å². The Labute approximate surface area is 79.6 Å². The molecule has 0 aliphatic rings. The van der Waals surface area contributed by atoms with Gasteiger partial charge in [-0.2, -0.15) is 0 Å². The van der Waals surface area contributed by atoms with E-state index in [0.29, 0.717) is 0 Å². The minimum absolute atomic E-state index is 0.124. The van der Waals surface area contributed by atoms with Crippen LogP contribution in [0.1, 0.15) is 13.3 Å². The molecule has 0 heterocycles. The van der Waals surface area contributed by atoms with E-state index in [1.165, 1.54) is 0 Å². The summed E-state index contributed by atoms with van der Waals surface area (Å²) in [5.41, 5.74) is 2.17. The van der Waals surface area contributed by atoms with Gasteiger partial charge in [0.15, 0.2) is 0 Å². The molecular formula is C8H20N4O. The van der Waals surface area contributed by atoms with Gasteiger partial charge in [-0.1, -0.05) is 6.92 Å². The van der Waals surface area contributed by atoms with Crippen LogP contribution < -0.4 is 16.6 Å². The number of hydrogen-bond donors (Lipinski definition) is 3. The van der Waals surface area contributed by atoms with Crippen LogP contribution in [0.2, 0.25) is 0 Å². The highest BCUT2D eigenvalue weighted by Gasteiger charge is 2.19. The van der Waals surface area contributed by atoms with Crippen LogP contribution in [0.15, 0.2) is 0 Å². The lowest BCUT2D eigenvalue weighted by Crippen LogP contribution is -2.48. The third-order valence-corrected chi connectivity index (χ3v) is 2.08. The fourth-order valence-corrected chi connectivity index (χ4v) is 1.24. The number of nitrogens with two attached hydrogens (primary N) is 1. The predicted molar refractivity (Wildman–Crippen MR) is 53.0 cm³/mol. The first-order chi connectivity index (χ1) is 6.17. The molecule has 0 aromatic carbocycles. The second-order valence-electron chi connectivity index (χ2n) is 3.02. The third-order valence-electron chi connectivity index (χ3n) is 2.08. The van der Waals surface area contributed by atoms with Crippen molar-refractivity contribution in [1.82, 2.24) is 15.6 Å². The summed E-state index contributed by atoms with van der Waals surface area (Å²) in [5, 5.41) is 3.03. The topological polar surface area (TPSA) is 70.4 Å². The smallest absolute Gasteiger partial charge is 0.251 e. The first-order valence-electron chi connectivity index (χ1n) is 4.52. The Morgan fingerprint density at radius 2 is 2.23 bits per heavy atom. The zero-order chi connectivity index (χ0) is 10.3. The van der Waals surface area contributed by atoms with Gasteiger partial charge >= 0.3 is 0 Å². The lowest BCUT2D eigenvalue weighted by molar-refractivity contribution is -0.126. The zero-order valence-electron chi connectivity index (χ0n) is 8.63. The van der Waals surface area contributed by atoms with E-state index in [1.54, 1.807) is 0 Å². The molecule has 4 N–H and O–H groups in total. The number of likely N-dealkylation sites (N-methyl/N-ethyl adjacent to an activating group) is 2. The number of carbonyl (C=O) groups excluding carboxylic acids is 1. The molecular weight excluding hydrogens is 168 g/mol. The molecule has 0 aromatic heterocycles. The quantitative estimate of drug-likeness (QED) is 0.281. The molecule has 0 rings (SSSR count). The monoisotopic (exact) mass is 188 g/mol. The Balaban J connectivity index is 3.98. The highest BCUT2D eigenvalue weighted by molar-refractivity contribution is 5.80. The van der Waals surface area contributed by atoms with Gasteiger partial charge in [-0.25, -0.2) is 5.84 Å². The molecule has 13 heavy (non-hydrogen) atoms. The predicted octanol–water partition coefficient (Wildman–Crippen LogP) is -1.09. The van der Waals surface area contributed by atoms with Crippen molar-refractivity contribution in [2.24, 2.45) is 5.84 Å². The lowest BCUT2D eigenvalue weighted by Gasteiger charge is -2.25. The van der Waals surface area contributed by atoms with Gasteiger partial charge in [0.05, 0.1) is 6.04 Å². The van der Waals surface area contributed by atoms with Crippen LogP contribution in [-0.2, 0) is 4.79 Å². The maximum Gasteiger partial charge on any atom is 0.251 e. The van der Waals surface area contributed by atoms with Gasteiger partial charge in [-0.15, -0.1) is 0 Å². The number of amides is 1. The van der Waals surface area contributed by atoms with Crippen molar-refractivity contribution in [2.75, 3.05) is 27.2 Å². The molecule has 5 heteroatoms. The SMILES string of the molecule is CCC(C(=O)NN)N(C)CCNC. The van der Waals surface area contributed by atoms with Gasteiger partial charge in [0.2, 0.25) is 0 Å². The number of hydrazine groups is 1. The number of carbonyl (C=O) groups is 1. The average Bonchev–Trinajstić information content (AvgIpc) is 2.15. The van der Waals surface area contributed by atoms with E-state index in [2.05, 4.69) is 10.7 Å². The van der Waals surface area contributed by atoms with Crippen molar-refractivity contribution in [3.05, 3.63) is 0 Å². The van der Waals surface area contributed by atoms with Gasteiger partial charge in [0, 0.05) is 13.1 Å². The zero-order valence-corrected chi connectivity index (χ0v) is 8.63. The molecule has 1 atom stereocenters. The molecule has 0 aliphatic heterocycles. The van der Waals surface area contributed by atoms with Crippen molar-refractivity contribution >= 4 is 5.91 Å². The summed E-state index contributed by atoms with van der Waals surface area (Å²) in [6.45, 7) is 3.67. The highest BCUT2D eigenvalue weighted by Crippen LogP contribution is 2.00. The molecule has 1 amide bonds. The fraction of sp³-hybridized carbons (Fsp3) is 0.875. The molecule has 5 nitrogen and oxygen atoms in total. The maximum absolute atomic E-state index is 11.2. The van der Waals surface area contributed by atoms with Crippen molar-refractivity contribution in [1.29, 1.82) is 0 Å². The first-order valence-corrected chi connectivity index (χ1v) is 4.52. The van der Waals surface area contributed by atoms with Crippen LogP contribution >= 0.6 is 0 Å². The summed E-state index contributed by atoms with van der Waals surface area (Å²) in [7, 11) is 3.80. The minimum Gasteiger partial charge on any atom is -0.318 e. The molecule has 1 unspecified atom stereocenters. The summed E-state index contributed by atoms with van der Waals surface area (Å²) >= 11 is 0. The van der Waals surface area contributed by atoms with Gasteiger partial charge in [0.1, 0.15) is 0 Å². The second kappa shape index (κ2) is 6.82. The van der Waals surface area contributed by atoms with E-state index < -0.39 is 0 Å². The Morgan fingerprint density at radius 3 is 2.62 bits per heavy atom. The van der Waals surface area contributed by atoms with E-state index in [4.69, 9.17) is 5.84 Å². The van der Waals surface area contributed by atoms with E-state index in [0.717, 1.165) is 19.5 Å². The van der Waals surface area contributed by atoms with Crippen LogP contribution in [0.25, 0.3) is 0 Å². The van der Waals surface area contributed by atoms with Crippen LogP contribution in [0.4, 0.5) is 0 Å². The Hall–Kier alpha value is -0.650. The fourth-order valence-electron chi connectivity index (χ4n) is 1.24. The van der Waals surface area contributed by atoms with Gasteiger partial charge in [0.25, 0.3) is 5.91 Å². The number of hydrogen-bond acceptors (Lipinski definition) is 4. The average molecular weight is 188 g/mol. The summed E-state index contributed by atoms with van der Waals surface area (Å²) in [6.07, 6.45) is 0.767. The minimum atomic E-state index is -0.127. The van der Waals surface area contributed by atoms with Gasteiger partial charge in [-0.3, -0.25) is 15.1 Å². The molecule has 78 valence electrons. The molecule has 0 saturated heterocycles. The Kier molecular flexibility index (Phi) is 6.48. The number of nitrogens with one attached hydrogen (secondary N) is 2. The largest absolute Gasteiger partial charge is 0.318 e. The molecule has 0 bridgehead atoms. The lowest BCUT2D eigenvalue weighted by atomic mass is 10.2. The van der Waals surface area contributed by atoms with Crippen molar-refractivity contribution in [2.45, 2.75) is 19.4 Å². The standard InChI is InChI=1S/C8H20N4O/c1-4-7(8(13)11-9)12(3)6-5-10-2/h7,10H,4-6,9H2,1-3H3,(H,11,13). The number of nitrogens with zero attached hydrogens (tertiary/aromatic N) is 1. The first kappa shape index (κ1) is 12.3. The highest BCUT2D eigenvalue weighted by atomic mass is 16.2. The Morgan fingerprint density at radius 1 is 1.62 bits per heavy atom. The second-order valence-corrected chi connectivity index (χ2v) is 3.02. The molecule has 0 saturated carbocycles. The molecule has 0 aliphatic carbocycles. The summed E-state index contributed by atoms with van der Waals surface area (Å²) in [5.74, 6) is 4.95. The molecule has 0 spiro atoms. The van der Waals surface area contributed by atoms with Crippen LogP contribution in [0, 0.1) is 0 Å². The van der Waals surface area contributed by atoms with E-state index >= 15 is 0 Å². The molecule has 0 fully saturated rings. The van der Waals surface area contributed by atoms with E-state index in [-0.39, 0.29) is 11.9 Å². The van der Waals surface area contributed by atoms with Gasteiger partial charge in [-0.05, 0) is 20.5 Å². The van der Waals surface area contributed by atoms with Crippen LogP contribution in [0.5, 0.6) is 0 Å². The van der Waals surface area contributed by atoms with Crippen LogP contribution in [0.3, 0.4) is 0 Å². The molecule has 0 radical (unpaired) electrons. The number of rotatable bonds is 6. The van der Waals surface area contributed by atoms with Crippen molar-refractivity contribution in [3.63, 3.8) is 0 Å². The van der Waals surface area contributed by atoms with E-state index in [9.17, 15) is 4.79 Å². The summed E-state index contributed by atoms with van der Waals surface area (Å²) in [6, 6.07) is -0.127. The van der Waals surface area contributed by atoms with Crippen molar-refractivity contribution in [3.8, 4) is 0 Å². The summed E-state index contributed by atoms with van der Waals surface area (Å²) in [4.78, 5) is 13.2. The van der Waals surface area contributed by atoms with Crippen molar-refractivity contribution < 1.29 is 4.79 Å². The van der Waals surface area contributed by atoms with E-state index in [1.807, 2.05) is 25.9 Å². The third kappa shape index (κ3) is 4.21. The summed E-state index contributed by atoms with van der Waals surface area (Å²) < 4.78 is 0.